The van der Waals surface area contributed by atoms with Crippen molar-refractivity contribution in [3.63, 3.8) is 0 Å². The van der Waals surface area contributed by atoms with Crippen LogP contribution in [0.25, 0.3) is 0 Å². The number of amides is 2. The lowest BCUT2D eigenvalue weighted by atomic mass is 9.60. The quantitative estimate of drug-likeness (QED) is 0.396. The first-order valence-electron chi connectivity index (χ1n) is 11.9. The lowest BCUT2D eigenvalue weighted by molar-refractivity contribution is -0.137. The van der Waals surface area contributed by atoms with E-state index < -0.39 is 34.9 Å². The molecule has 3 N–H and O–H groups in total. The Kier molecular flexibility index (Phi) is 8.34. The summed E-state index contributed by atoms with van der Waals surface area (Å²) in [6.45, 7) is -0.651. The number of esters is 1. The summed E-state index contributed by atoms with van der Waals surface area (Å²) in [6, 6.07) is 8.30. The van der Waals surface area contributed by atoms with E-state index >= 15 is 0 Å². The van der Waals surface area contributed by atoms with Crippen molar-refractivity contribution in [1.29, 1.82) is 0 Å². The molecule has 3 fully saturated rings. The molecule has 0 aromatic heterocycles. The SMILES string of the molecule is COC(=O)c1cc(OCC(=O)NC23CCC(NC(=O)COc4ccc(Cl)c(F)c4)(CC2)[C@H](O)C3)ccc1Cl. The van der Waals surface area contributed by atoms with Crippen LogP contribution in [0.1, 0.15) is 42.5 Å². The van der Waals surface area contributed by atoms with E-state index in [-0.39, 0.29) is 52.6 Å². The highest BCUT2D eigenvalue weighted by Crippen LogP contribution is 2.47. The number of fused-ring (bicyclic) bond motifs is 3. The molecule has 0 spiro atoms. The van der Waals surface area contributed by atoms with Crippen LogP contribution in [0.15, 0.2) is 36.4 Å². The molecular formula is C26H27Cl2FN2O7. The van der Waals surface area contributed by atoms with Crippen LogP contribution in [-0.4, -0.2) is 60.4 Å². The zero-order valence-corrected chi connectivity index (χ0v) is 22.0. The Bertz CT molecular complexity index is 1230. The van der Waals surface area contributed by atoms with E-state index in [0.29, 0.717) is 25.7 Å². The maximum Gasteiger partial charge on any atom is 0.339 e. The van der Waals surface area contributed by atoms with Crippen molar-refractivity contribution >= 4 is 41.0 Å². The molecule has 1 atom stereocenters. The van der Waals surface area contributed by atoms with Gasteiger partial charge in [0.2, 0.25) is 0 Å². The molecule has 3 saturated carbocycles. The second-order valence-corrected chi connectivity index (χ2v) is 10.4. The molecule has 5 rings (SSSR count). The molecular weight excluding hydrogens is 542 g/mol. The number of aliphatic hydroxyl groups excluding tert-OH is 1. The number of rotatable bonds is 9. The van der Waals surface area contributed by atoms with Gasteiger partial charge in [0.05, 0.1) is 34.4 Å². The first-order valence-corrected chi connectivity index (χ1v) is 12.7. The Morgan fingerprint density at radius 1 is 0.947 bits per heavy atom. The standard InChI is InChI=1S/C26H27Cl2FN2O7/c1-36-24(35)17-10-15(2-4-18(17)27)37-13-22(33)30-25-6-8-26(9-7-25,21(32)12-25)31-23(34)14-38-16-3-5-19(28)20(29)11-16/h2-5,10-11,21,32H,6-9,12-14H2,1H3,(H,30,33)(H,31,34)/t21-,25?,26?/m1/s1. The number of hydrogen-bond acceptors (Lipinski definition) is 7. The fourth-order valence-electron chi connectivity index (χ4n) is 5.03. The van der Waals surface area contributed by atoms with E-state index in [0.717, 1.165) is 6.07 Å². The van der Waals surface area contributed by atoms with Crippen molar-refractivity contribution in [3.05, 3.63) is 57.8 Å². The molecule has 0 saturated heterocycles. The van der Waals surface area contributed by atoms with Gasteiger partial charge in [0.15, 0.2) is 13.2 Å². The molecule has 2 amide bonds. The smallest absolute Gasteiger partial charge is 0.339 e. The number of benzene rings is 2. The van der Waals surface area contributed by atoms with Crippen LogP contribution in [0.5, 0.6) is 11.5 Å². The summed E-state index contributed by atoms with van der Waals surface area (Å²) in [5, 5.41) is 16.9. The van der Waals surface area contributed by atoms with Crippen molar-refractivity contribution in [2.45, 2.75) is 49.3 Å². The summed E-state index contributed by atoms with van der Waals surface area (Å²) >= 11 is 11.7. The summed E-state index contributed by atoms with van der Waals surface area (Å²) in [4.78, 5) is 37.0. The normalized spacial score (nSPS) is 23.9. The Morgan fingerprint density at radius 3 is 2.11 bits per heavy atom. The van der Waals surface area contributed by atoms with E-state index in [1.807, 2.05) is 0 Å². The first-order chi connectivity index (χ1) is 18.0. The Hall–Kier alpha value is -3.08. The van der Waals surface area contributed by atoms with Gasteiger partial charge < -0.3 is 30.0 Å². The minimum atomic E-state index is -0.887. The number of aliphatic hydroxyl groups is 1. The number of nitrogens with one attached hydrogen (secondary N) is 2. The largest absolute Gasteiger partial charge is 0.484 e. The third-order valence-corrected chi connectivity index (χ3v) is 7.72. The summed E-state index contributed by atoms with van der Waals surface area (Å²) in [5.74, 6) is -1.66. The predicted octanol–water partition coefficient (Wildman–Crippen LogP) is 3.43. The monoisotopic (exact) mass is 568 g/mol. The minimum absolute atomic E-state index is 0.0481. The molecule has 0 heterocycles. The van der Waals surface area contributed by atoms with Gasteiger partial charge >= 0.3 is 5.97 Å². The molecule has 0 radical (unpaired) electrons. The average Bonchev–Trinajstić information content (AvgIpc) is 2.89. The van der Waals surface area contributed by atoms with Crippen molar-refractivity contribution < 1.29 is 38.1 Å². The topological polar surface area (TPSA) is 123 Å². The number of carbonyl (C=O) groups is 3. The van der Waals surface area contributed by atoms with Crippen LogP contribution in [0, 0.1) is 5.82 Å². The maximum absolute atomic E-state index is 13.6. The van der Waals surface area contributed by atoms with Crippen molar-refractivity contribution in [2.24, 2.45) is 0 Å². The van der Waals surface area contributed by atoms with E-state index in [9.17, 15) is 23.9 Å². The van der Waals surface area contributed by atoms with Crippen LogP contribution in [0.2, 0.25) is 10.0 Å². The highest BCUT2D eigenvalue weighted by molar-refractivity contribution is 6.33. The Balaban J connectivity index is 1.28. The van der Waals surface area contributed by atoms with E-state index in [2.05, 4.69) is 15.4 Å². The Labute approximate surface area is 228 Å². The number of ether oxygens (including phenoxy) is 3. The molecule has 9 nitrogen and oxygen atoms in total. The zero-order valence-electron chi connectivity index (χ0n) is 20.5. The highest BCUT2D eigenvalue weighted by atomic mass is 35.5. The lowest BCUT2D eigenvalue weighted by Crippen LogP contribution is -2.70. The number of halogens is 3. The van der Waals surface area contributed by atoms with Gasteiger partial charge in [0, 0.05) is 11.6 Å². The number of carbonyl (C=O) groups excluding carboxylic acids is 3. The fraction of sp³-hybridized carbons (Fsp3) is 0.423. The van der Waals surface area contributed by atoms with Crippen LogP contribution in [-0.2, 0) is 14.3 Å². The van der Waals surface area contributed by atoms with E-state index in [1.54, 1.807) is 0 Å². The highest BCUT2D eigenvalue weighted by Gasteiger charge is 2.55. The second kappa shape index (κ2) is 11.3. The fourth-order valence-corrected chi connectivity index (χ4v) is 5.34. The summed E-state index contributed by atoms with van der Waals surface area (Å²) < 4.78 is 29.2. The molecule has 204 valence electrons. The van der Waals surface area contributed by atoms with Crippen LogP contribution in [0.4, 0.5) is 4.39 Å². The molecule has 2 aromatic rings. The molecule has 12 heteroatoms. The second-order valence-electron chi connectivity index (χ2n) is 9.54. The van der Waals surface area contributed by atoms with E-state index in [4.69, 9.17) is 32.7 Å². The molecule has 2 bridgehead atoms. The van der Waals surface area contributed by atoms with Gasteiger partial charge in [-0.25, -0.2) is 9.18 Å². The molecule has 3 aliphatic rings. The maximum atomic E-state index is 13.6. The van der Waals surface area contributed by atoms with Gasteiger partial charge in [-0.15, -0.1) is 0 Å². The summed E-state index contributed by atoms with van der Waals surface area (Å²) in [5.41, 5.74) is -1.33. The lowest BCUT2D eigenvalue weighted by Gasteiger charge is -2.56. The number of methoxy groups -OCH3 is 1. The molecule has 0 aliphatic heterocycles. The average molecular weight is 569 g/mol. The first kappa shape index (κ1) is 27.9. The minimum Gasteiger partial charge on any atom is -0.484 e. The van der Waals surface area contributed by atoms with Crippen LogP contribution >= 0.6 is 23.2 Å². The Morgan fingerprint density at radius 2 is 1.53 bits per heavy atom. The molecule has 38 heavy (non-hydrogen) atoms. The van der Waals surface area contributed by atoms with Gasteiger partial charge in [-0.05, 0) is 62.4 Å². The molecule has 0 unspecified atom stereocenters. The van der Waals surface area contributed by atoms with Gasteiger partial charge in [-0.1, -0.05) is 23.2 Å². The summed E-state index contributed by atoms with van der Waals surface area (Å²) in [7, 11) is 1.24. The zero-order chi connectivity index (χ0) is 27.5. The van der Waals surface area contributed by atoms with Crippen molar-refractivity contribution in [1.82, 2.24) is 10.6 Å². The van der Waals surface area contributed by atoms with Crippen molar-refractivity contribution in [2.75, 3.05) is 20.3 Å². The number of hydrogen-bond donors (Lipinski definition) is 3. The molecule has 3 aliphatic carbocycles. The third-order valence-electron chi connectivity index (χ3n) is 7.09. The van der Waals surface area contributed by atoms with Gasteiger partial charge in [0.1, 0.15) is 17.3 Å². The van der Waals surface area contributed by atoms with Crippen molar-refractivity contribution in [3.8, 4) is 11.5 Å². The van der Waals surface area contributed by atoms with Gasteiger partial charge in [0.25, 0.3) is 11.8 Å². The van der Waals surface area contributed by atoms with Gasteiger partial charge in [-0.2, -0.15) is 0 Å². The van der Waals surface area contributed by atoms with Gasteiger partial charge in [-0.3, -0.25) is 9.59 Å². The third kappa shape index (κ3) is 6.14. The molecule has 2 aromatic carbocycles. The predicted molar refractivity (Wildman–Crippen MR) is 136 cm³/mol. The van der Waals surface area contributed by atoms with Crippen LogP contribution < -0.4 is 20.1 Å². The van der Waals surface area contributed by atoms with E-state index in [1.165, 1.54) is 37.4 Å². The summed E-state index contributed by atoms with van der Waals surface area (Å²) in [6.07, 6.45) is 1.38. The van der Waals surface area contributed by atoms with Crippen LogP contribution in [0.3, 0.4) is 0 Å².